The molecule has 2 heterocycles. The van der Waals surface area contributed by atoms with Gasteiger partial charge in [-0.25, -0.2) is 4.57 Å². The van der Waals surface area contributed by atoms with E-state index in [1.54, 1.807) is 0 Å². The molecule has 0 saturated heterocycles. The Morgan fingerprint density at radius 1 is 1.23 bits per heavy atom. The number of rotatable bonds is 3. The highest BCUT2D eigenvalue weighted by Crippen LogP contribution is 2.51. The van der Waals surface area contributed by atoms with Crippen molar-refractivity contribution in [2.75, 3.05) is 0 Å². The first-order chi connectivity index (χ1) is 10.7. The van der Waals surface area contributed by atoms with E-state index in [0.717, 1.165) is 0 Å². The predicted octanol–water partition coefficient (Wildman–Crippen LogP) is 4.81. The third-order valence-corrected chi connectivity index (χ3v) is 5.74. The van der Waals surface area contributed by atoms with Crippen LogP contribution in [-0.2, 0) is 7.05 Å². The standard InChI is InChI=1S/C20H22NS/c1-5-9-15-16-12-11-14(3)19(20(16)22-18(15)6-2)17-10-7-8-13-21(17)4/h5-13,15,18H,2H2,1,3-4H3/q+1/b9-5-. The van der Waals surface area contributed by atoms with Crippen LogP contribution < -0.4 is 4.57 Å². The van der Waals surface area contributed by atoms with Gasteiger partial charge in [0.2, 0.25) is 5.69 Å². The molecule has 112 valence electrons. The normalized spacial score (nSPS) is 20.3. The smallest absolute Gasteiger partial charge is 0.201 e. The van der Waals surface area contributed by atoms with E-state index >= 15 is 0 Å². The van der Waals surface area contributed by atoms with E-state index in [1.165, 1.54) is 27.3 Å². The average Bonchev–Trinajstić information content (AvgIpc) is 2.87. The fourth-order valence-corrected chi connectivity index (χ4v) is 4.67. The van der Waals surface area contributed by atoms with Gasteiger partial charge in [-0.3, -0.25) is 0 Å². The van der Waals surface area contributed by atoms with Gasteiger partial charge in [0.25, 0.3) is 0 Å². The molecule has 0 radical (unpaired) electrons. The van der Waals surface area contributed by atoms with E-state index in [2.05, 4.69) is 86.8 Å². The minimum absolute atomic E-state index is 0.417. The van der Waals surface area contributed by atoms with Crippen LogP contribution in [0.25, 0.3) is 11.3 Å². The number of aryl methyl sites for hydroxylation is 2. The first-order valence-electron chi connectivity index (χ1n) is 7.68. The van der Waals surface area contributed by atoms with E-state index in [0.29, 0.717) is 11.2 Å². The maximum atomic E-state index is 4.04. The van der Waals surface area contributed by atoms with Crippen molar-refractivity contribution in [1.82, 2.24) is 0 Å². The quantitative estimate of drug-likeness (QED) is 0.581. The number of benzene rings is 1. The van der Waals surface area contributed by atoms with Gasteiger partial charge in [0.1, 0.15) is 7.05 Å². The van der Waals surface area contributed by atoms with Gasteiger partial charge in [0.05, 0.1) is 5.56 Å². The molecule has 2 atom stereocenters. The molecular weight excluding hydrogens is 286 g/mol. The zero-order valence-electron chi connectivity index (χ0n) is 13.4. The molecule has 2 aromatic rings. The van der Waals surface area contributed by atoms with Crippen LogP contribution in [-0.4, -0.2) is 5.25 Å². The number of pyridine rings is 1. The van der Waals surface area contributed by atoms with Crippen LogP contribution in [0.4, 0.5) is 0 Å². The van der Waals surface area contributed by atoms with Crippen molar-refractivity contribution in [3.63, 3.8) is 0 Å². The highest BCUT2D eigenvalue weighted by Gasteiger charge is 2.33. The molecule has 2 unspecified atom stereocenters. The molecule has 0 fully saturated rings. The largest absolute Gasteiger partial charge is 0.213 e. The third kappa shape index (κ3) is 2.42. The number of hydrogen-bond acceptors (Lipinski definition) is 1. The number of allylic oxidation sites excluding steroid dienone is 2. The summed E-state index contributed by atoms with van der Waals surface area (Å²) in [6.07, 6.45) is 8.65. The minimum atomic E-state index is 0.417. The van der Waals surface area contributed by atoms with Crippen LogP contribution in [0.1, 0.15) is 24.0 Å². The minimum Gasteiger partial charge on any atom is -0.201 e. The van der Waals surface area contributed by atoms with E-state index in [1.807, 2.05) is 11.8 Å². The molecule has 0 aliphatic carbocycles. The Labute approximate surface area is 137 Å². The lowest BCUT2D eigenvalue weighted by Crippen LogP contribution is -2.30. The highest BCUT2D eigenvalue weighted by atomic mass is 32.2. The third-order valence-electron chi connectivity index (χ3n) is 4.31. The Morgan fingerprint density at radius 3 is 2.73 bits per heavy atom. The second-order valence-electron chi connectivity index (χ2n) is 5.74. The Morgan fingerprint density at radius 2 is 2.05 bits per heavy atom. The van der Waals surface area contributed by atoms with Crippen molar-refractivity contribution in [2.45, 2.75) is 29.9 Å². The van der Waals surface area contributed by atoms with E-state index < -0.39 is 0 Å². The van der Waals surface area contributed by atoms with Crippen molar-refractivity contribution in [2.24, 2.45) is 7.05 Å². The maximum Gasteiger partial charge on any atom is 0.213 e. The lowest BCUT2D eigenvalue weighted by atomic mass is 9.91. The number of nitrogens with zero attached hydrogens (tertiary/aromatic N) is 1. The van der Waals surface area contributed by atoms with Crippen molar-refractivity contribution in [3.05, 3.63) is 72.5 Å². The van der Waals surface area contributed by atoms with Gasteiger partial charge >= 0.3 is 0 Å². The van der Waals surface area contributed by atoms with Crippen LogP contribution in [0, 0.1) is 6.92 Å². The summed E-state index contributed by atoms with van der Waals surface area (Å²) in [5.74, 6) is 0.427. The van der Waals surface area contributed by atoms with Crippen molar-refractivity contribution < 1.29 is 4.57 Å². The van der Waals surface area contributed by atoms with Crippen LogP contribution in [0.2, 0.25) is 0 Å². The molecule has 0 N–H and O–H groups in total. The Hall–Kier alpha value is -1.80. The summed E-state index contributed by atoms with van der Waals surface area (Å²) in [6.45, 7) is 8.34. The molecule has 1 aromatic carbocycles. The molecule has 1 aliphatic heterocycles. The zero-order valence-corrected chi connectivity index (χ0v) is 14.2. The molecule has 22 heavy (non-hydrogen) atoms. The fourth-order valence-electron chi connectivity index (χ4n) is 3.19. The summed E-state index contributed by atoms with van der Waals surface area (Å²) in [7, 11) is 2.11. The van der Waals surface area contributed by atoms with Crippen molar-refractivity contribution >= 4 is 11.8 Å². The molecule has 0 spiro atoms. The summed E-state index contributed by atoms with van der Waals surface area (Å²) in [5, 5.41) is 0.417. The van der Waals surface area contributed by atoms with Gasteiger partial charge in [0, 0.05) is 28.2 Å². The van der Waals surface area contributed by atoms with E-state index in [9.17, 15) is 0 Å². The highest BCUT2D eigenvalue weighted by molar-refractivity contribution is 8.00. The Bertz CT molecular complexity index is 745. The van der Waals surface area contributed by atoms with Crippen molar-refractivity contribution in [1.29, 1.82) is 0 Å². The lowest BCUT2D eigenvalue weighted by Gasteiger charge is -2.12. The summed E-state index contributed by atoms with van der Waals surface area (Å²) >= 11 is 1.95. The summed E-state index contributed by atoms with van der Waals surface area (Å²) < 4.78 is 2.20. The van der Waals surface area contributed by atoms with Gasteiger partial charge in [0.15, 0.2) is 6.20 Å². The lowest BCUT2D eigenvalue weighted by molar-refractivity contribution is -0.660. The van der Waals surface area contributed by atoms with Crippen LogP contribution >= 0.6 is 11.8 Å². The average molecular weight is 308 g/mol. The second-order valence-corrected chi connectivity index (χ2v) is 6.93. The first-order valence-corrected chi connectivity index (χ1v) is 8.56. The monoisotopic (exact) mass is 308 g/mol. The van der Waals surface area contributed by atoms with Gasteiger partial charge in [-0.05, 0) is 31.0 Å². The molecular formula is C20H22NS+. The molecule has 0 amide bonds. The zero-order chi connectivity index (χ0) is 15.7. The number of hydrogen-bond donors (Lipinski definition) is 0. The SMILES string of the molecule is C=CC1Sc2c(ccc(C)c2-c2cccc[n+]2C)C1/C=C\C. The van der Waals surface area contributed by atoms with Crippen molar-refractivity contribution in [3.8, 4) is 11.3 Å². The maximum absolute atomic E-state index is 4.04. The van der Waals surface area contributed by atoms with Gasteiger partial charge in [-0.15, -0.1) is 18.3 Å². The molecule has 3 rings (SSSR count). The molecule has 0 saturated carbocycles. The molecule has 0 bridgehead atoms. The number of thioether (sulfide) groups is 1. The number of aromatic nitrogens is 1. The molecule has 1 aromatic heterocycles. The summed E-state index contributed by atoms with van der Waals surface area (Å²) in [6, 6.07) is 10.9. The van der Waals surface area contributed by atoms with E-state index in [4.69, 9.17) is 0 Å². The molecule has 1 aliphatic rings. The van der Waals surface area contributed by atoms with Crippen LogP contribution in [0.3, 0.4) is 0 Å². The molecule has 2 heteroatoms. The fraction of sp³-hybridized carbons (Fsp3) is 0.250. The first kappa shape index (κ1) is 15.1. The van der Waals surface area contributed by atoms with Crippen LogP contribution in [0.5, 0.6) is 0 Å². The van der Waals surface area contributed by atoms with E-state index in [-0.39, 0.29) is 0 Å². The second kappa shape index (κ2) is 6.13. The van der Waals surface area contributed by atoms with Gasteiger partial charge in [-0.1, -0.05) is 30.4 Å². The topological polar surface area (TPSA) is 3.88 Å². The predicted molar refractivity (Wildman–Crippen MR) is 95.2 cm³/mol. The molecule has 1 nitrogen and oxygen atoms in total. The summed E-state index contributed by atoms with van der Waals surface area (Å²) in [4.78, 5) is 1.41. The van der Waals surface area contributed by atoms with Gasteiger partial charge < -0.3 is 0 Å². The number of fused-ring (bicyclic) bond motifs is 1. The Kier molecular flexibility index (Phi) is 4.21. The summed E-state index contributed by atoms with van der Waals surface area (Å²) in [5.41, 5.74) is 5.40. The van der Waals surface area contributed by atoms with Crippen LogP contribution in [0.15, 0.2) is 66.2 Å². The Balaban J connectivity index is 2.23. The van der Waals surface area contributed by atoms with Gasteiger partial charge in [-0.2, -0.15) is 0 Å².